The van der Waals surface area contributed by atoms with Crippen LogP contribution in [0.5, 0.6) is 0 Å². The zero-order valence-corrected chi connectivity index (χ0v) is 19.0. The summed E-state index contributed by atoms with van der Waals surface area (Å²) in [6.07, 6.45) is -0.436. The Balaban J connectivity index is 1.51. The fraction of sp³-hybridized carbons (Fsp3) is 0.375. The Morgan fingerprint density at radius 1 is 1.03 bits per heavy atom. The summed E-state index contributed by atoms with van der Waals surface area (Å²) < 4.78 is 34.4. The molecular formula is C24H25F2N3O5. The summed E-state index contributed by atoms with van der Waals surface area (Å²) in [6, 6.07) is 7.03. The molecule has 8 nitrogen and oxygen atoms in total. The van der Waals surface area contributed by atoms with Crippen LogP contribution in [0.25, 0.3) is 11.1 Å². The van der Waals surface area contributed by atoms with E-state index in [0.29, 0.717) is 25.3 Å². The number of carbonyl (C=O) groups is 3. The first-order valence-corrected chi connectivity index (χ1v) is 10.8. The zero-order chi connectivity index (χ0) is 24.8. The molecule has 2 aromatic rings. The lowest BCUT2D eigenvalue weighted by Crippen LogP contribution is -2.54. The van der Waals surface area contributed by atoms with E-state index in [2.05, 4.69) is 0 Å². The Labute approximate surface area is 195 Å². The van der Waals surface area contributed by atoms with Crippen molar-refractivity contribution in [1.82, 2.24) is 9.80 Å². The quantitative estimate of drug-likeness (QED) is 0.722. The first kappa shape index (κ1) is 23.5. The number of carboxylic acids is 1. The van der Waals surface area contributed by atoms with Crippen molar-refractivity contribution in [3.05, 3.63) is 53.6 Å². The lowest BCUT2D eigenvalue weighted by molar-refractivity contribution is 0.0128. The average Bonchev–Trinajstić information content (AvgIpc) is 3.08. The zero-order valence-electron chi connectivity index (χ0n) is 19.0. The van der Waals surface area contributed by atoms with Crippen LogP contribution in [0.2, 0.25) is 0 Å². The smallest absolute Gasteiger partial charge is 0.410 e. The molecule has 0 aliphatic carbocycles. The summed E-state index contributed by atoms with van der Waals surface area (Å²) in [6.45, 7) is 6.64. The molecule has 0 unspecified atom stereocenters. The molecule has 0 bridgehead atoms. The van der Waals surface area contributed by atoms with Crippen LogP contribution in [-0.4, -0.2) is 70.8 Å². The highest BCUT2D eigenvalue weighted by atomic mass is 19.1. The molecule has 2 heterocycles. The van der Waals surface area contributed by atoms with Gasteiger partial charge in [-0.05, 0) is 56.7 Å². The van der Waals surface area contributed by atoms with Gasteiger partial charge in [0.05, 0.1) is 11.6 Å². The molecule has 2 saturated heterocycles. The summed E-state index contributed by atoms with van der Waals surface area (Å²) in [4.78, 5) is 41.0. The number of urea groups is 1. The highest BCUT2D eigenvalue weighted by molar-refractivity contribution is 5.95. The van der Waals surface area contributed by atoms with Crippen molar-refractivity contribution in [2.45, 2.75) is 32.4 Å². The average molecular weight is 473 g/mol. The van der Waals surface area contributed by atoms with E-state index in [1.54, 1.807) is 36.6 Å². The van der Waals surface area contributed by atoms with E-state index in [-0.39, 0.29) is 29.7 Å². The van der Waals surface area contributed by atoms with Crippen LogP contribution in [0.15, 0.2) is 36.4 Å². The van der Waals surface area contributed by atoms with Gasteiger partial charge in [-0.1, -0.05) is 6.07 Å². The molecule has 1 atom stereocenters. The van der Waals surface area contributed by atoms with Gasteiger partial charge in [0.25, 0.3) is 0 Å². The van der Waals surface area contributed by atoms with Gasteiger partial charge in [0, 0.05) is 37.4 Å². The maximum absolute atomic E-state index is 14.9. The van der Waals surface area contributed by atoms with E-state index in [0.717, 1.165) is 12.1 Å². The monoisotopic (exact) mass is 473 g/mol. The summed E-state index contributed by atoms with van der Waals surface area (Å²) in [5, 5.41) is 8.96. The van der Waals surface area contributed by atoms with E-state index in [9.17, 15) is 23.2 Å². The van der Waals surface area contributed by atoms with Gasteiger partial charge in [-0.3, -0.25) is 4.90 Å². The molecule has 0 aromatic heterocycles. The van der Waals surface area contributed by atoms with Gasteiger partial charge in [0.2, 0.25) is 0 Å². The van der Waals surface area contributed by atoms with Crippen LogP contribution >= 0.6 is 0 Å². The van der Waals surface area contributed by atoms with Crippen molar-refractivity contribution in [3.8, 4) is 11.1 Å². The maximum Gasteiger partial charge on any atom is 0.410 e. The van der Waals surface area contributed by atoms with Gasteiger partial charge in [0.1, 0.15) is 17.2 Å². The minimum absolute atomic E-state index is 0.0834. The predicted octanol–water partition coefficient (Wildman–Crippen LogP) is 4.19. The van der Waals surface area contributed by atoms with Crippen LogP contribution in [0.4, 0.5) is 24.1 Å². The number of rotatable bonds is 3. The Kier molecular flexibility index (Phi) is 5.93. The van der Waals surface area contributed by atoms with Gasteiger partial charge < -0.3 is 19.6 Å². The molecule has 2 fully saturated rings. The van der Waals surface area contributed by atoms with Crippen molar-refractivity contribution in [3.63, 3.8) is 0 Å². The summed E-state index contributed by atoms with van der Waals surface area (Å²) in [7, 11) is 0. The third-order valence-corrected chi connectivity index (χ3v) is 5.78. The molecule has 0 radical (unpaired) electrons. The highest BCUT2D eigenvalue weighted by Gasteiger charge is 2.43. The second-order valence-corrected chi connectivity index (χ2v) is 9.33. The first-order valence-electron chi connectivity index (χ1n) is 10.8. The fourth-order valence-electron chi connectivity index (χ4n) is 4.18. The van der Waals surface area contributed by atoms with Gasteiger partial charge in [0.15, 0.2) is 0 Å². The van der Waals surface area contributed by atoms with Gasteiger partial charge in [-0.25, -0.2) is 23.2 Å². The molecule has 2 aliphatic heterocycles. The van der Waals surface area contributed by atoms with E-state index in [1.807, 2.05) is 0 Å². The van der Waals surface area contributed by atoms with Crippen molar-refractivity contribution in [2.24, 2.45) is 0 Å². The van der Waals surface area contributed by atoms with E-state index >= 15 is 0 Å². The number of aromatic carboxylic acids is 1. The standard InChI is InChI=1S/C24H25F2N3O5/c1-24(2,3)34-23(33)27-8-9-28-16(12-27)13-29(22(28)32)15-5-7-17(20(26)11-15)14-4-6-18(21(30)31)19(25)10-14/h4-7,10-11,16H,8-9,12-13H2,1-3H3,(H,30,31)/t16-/m0/s1. The van der Waals surface area contributed by atoms with Crippen molar-refractivity contribution in [2.75, 3.05) is 31.1 Å². The van der Waals surface area contributed by atoms with Gasteiger partial charge >= 0.3 is 18.1 Å². The summed E-state index contributed by atoms with van der Waals surface area (Å²) >= 11 is 0. The van der Waals surface area contributed by atoms with Crippen LogP contribution in [-0.2, 0) is 4.74 Å². The number of piperazine rings is 1. The number of hydrogen-bond donors (Lipinski definition) is 1. The number of anilines is 1. The number of halogens is 2. The van der Waals surface area contributed by atoms with Gasteiger partial charge in [-0.2, -0.15) is 0 Å². The normalized spacial score (nSPS) is 18.2. The molecule has 180 valence electrons. The largest absolute Gasteiger partial charge is 0.478 e. The van der Waals surface area contributed by atoms with E-state index in [4.69, 9.17) is 9.84 Å². The Morgan fingerprint density at radius 2 is 1.76 bits per heavy atom. The minimum Gasteiger partial charge on any atom is -0.478 e. The number of amides is 3. The summed E-state index contributed by atoms with van der Waals surface area (Å²) in [5.41, 5.74) is -0.514. The van der Waals surface area contributed by atoms with E-state index < -0.39 is 34.9 Å². The molecule has 0 spiro atoms. The predicted molar refractivity (Wildman–Crippen MR) is 120 cm³/mol. The fourth-order valence-corrected chi connectivity index (χ4v) is 4.18. The number of nitrogens with zero attached hydrogens (tertiary/aromatic N) is 3. The Hall–Kier alpha value is -3.69. The topological polar surface area (TPSA) is 90.4 Å². The number of hydrogen-bond acceptors (Lipinski definition) is 4. The third kappa shape index (κ3) is 4.52. The lowest BCUT2D eigenvalue weighted by Gasteiger charge is -2.36. The molecule has 0 saturated carbocycles. The lowest BCUT2D eigenvalue weighted by atomic mass is 10.0. The molecule has 10 heteroatoms. The van der Waals surface area contributed by atoms with Crippen molar-refractivity contribution < 1.29 is 33.0 Å². The van der Waals surface area contributed by atoms with Crippen molar-refractivity contribution >= 4 is 23.8 Å². The number of fused-ring (bicyclic) bond motifs is 1. The first-order chi connectivity index (χ1) is 15.9. The number of carboxylic acid groups (broad SMARTS) is 1. The highest BCUT2D eigenvalue weighted by Crippen LogP contribution is 2.32. The van der Waals surface area contributed by atoms with Crippen molar-refractivity contribution in [1.29, 1.82) is 0 Å². The maximum atomic E-state index is 14.9. The second-order valence-electron chi connectivity index (χ2n) is 9.33. The molecule has 3 amide bonds. The molecule has 2 aliphatic rings. The minimum atomic E-state index is -1.41. The molecule has 1 N–H and O–H groups in total. The van der Waals surface area contributed by atoms with Crippen LogP contribution in [0.3, 0.4) is 0 Å². The third-order valence-electron chi connectivity index (χ3n) is 5.78. The molecular weight excluding hydrogens is 448 g/mol. The molecule has 34 heavy (non-hydrogen) atoms. The SMILES string of the molecule is CC(C)(C)OC(=O)N1CCN2C(=O)N(c3ccc(-c4ccc(C(=O)O)c(F)c4)c(F)c3)C[C@@H]2C1. The van der Waals surface area contributed by atoms with Crippen LogP contribution in [0.1, 0.15) is 31.1 Å². The second kappa shape index (κ2) is 8.58. The number of benzene rings is 2. The van der Waals surface area contributed by atoms with E-state index in [1.165, 1.54) is 23.1 Å². The summed E-state index contributed by atoms with van der Waals surface area (Å²) in [5.74, 6) is -3.04. The van der Waals surface area contributed by atoms with Gasteiger partial charge in [-0.15, -0.1) is 0 Å². The molecule has 2 aromatic carbocycles. The Morgan fingerprint density at radius 3 is 2.38 bits per heavy atom. The Bertz CT molecular complexity index is 1160. The van der Waals surface area contributed by atoms with Crippen LogP contribution in [0, 0.1) is 11.6 Å². The number of ether oxygens (including phenoxy) is 1. The van der Waals surface area contributed by atoms with Crippen LogP contribution < -0.4 is 4.90 Å². The molecule has 4 rings (SSSR count). The number of carbonyl (C=O) groups excluding carboxylic acids is 2.